The number of anilines is 2. The molecular weight excluding hydrogens is 450 g/mol. The van der Waals surface area contributed by atoms with Gasteiger partial charge in [-0.3, -0.25) is 9.10 Å². The van der Waals surface area contributed by atoms with E-state index in [2.05, 4.69) is 17.0 Å². The second-order valence-corrected chi connectivity index (χ2v) is 10.1. The molecule has 34 heavy (non-hydrogen) atoms. The number of amides is 1. The number of rotatable bonds is 7. The van der Waals surface area contributed by atoms with Crippen molar-refractivity contribution < 1.29 is 17.9 Å². The number of aryl methyl sites for hydroxylation is 1. The Morgan fingerprint density at radius 2 is 1.50 bits per heavy atom. The van der Waals surface area contributed by atoms with Gasteiger partial charge in [0.2, 0.25) is 5.91 Å². The molecule has 1 heterocycles. The number of hydrogen-bond donors (Lipinski definition) is 0. The first-order chi connectivity index (χ1) is 16.4. The van der Waals surface area contributed by atoms with E-state index in [4.69, 9.17) is 4.74 Å². The van der Waals surface area contributed by atoms with E-state index < -0.39 is 10.0 Å². The van der Waals surface area contributed by atoms with Gasteiger partial charge in [0.25, 0.3) is 10.0 Å². The smallest absolute Gasteiger partial charge is 0.264 e. The highest BCUT2D eigenvalue weighted by Crippen LogP contribution is 2.26. The fraction of sp³-hybridized carbons (Fsp3) is 0.269. The van der Waals surface area contributed by atoms with Crippen LogP contribution in [0.25, 0.3) is 0 Å². The largest absolute Gasteiger partial charge is 0.497 e. The van der Waals surface area contributed by atoms with Crippen molar-refractivity contribution in [3.63, 3.8) is 0 Å². The maximum absolute atomic E-state index is 13.6. The summed E-state index contributed by atoms with van der Waals surface area (Å²) in [6, 6.07) is 23.4. The van der Waals surface area contributed by atoms with Crippen LogP contribution in [0.15, 0.2) is 83.8 Å². The Morgan fingerprint density at radius 1 is 0.882 bits per heavy atom. The standard InChI is InChI=1S/C26H29N3O4S/c1-21-8-10-23(11-9-21)29(34(31,32)25-14-12-24(33-2)13-15-25)20-26(30)28-18-16-27(17-19-28)22-6-4-3-5-7-22/h3-15H,16-20H2,1-2H3. The van der Waals surface area contributed by atoms with Crippen LogP contribution in [-0.2, 0) is 14.8 Å². The van der Waals surface area contributed by atoms with Crippen molar-refractivity contribution in [3.05, 3.63) is 84.4 Å². The molecule has 0 N–H and O–H groups in total. The molecule has 178 valence electrons. The van der Waals surface area contributed by atoms with Crippen LogP contribution in [0.5, 0.6) is 5.75 Å². The summed E-state index contributed by atoms with van der Waals surface area (Å²) in [7, 11) is -2.43. The zero-order valence-corrected chi connectivity index (χ0v) is 20.2. The zero-order chi connectivity index (χ0) is 24.1. The third kappa shape index (κ3) is 5.17. The third-order valence-corrected chi connectivity index (χ3v) is 7.79. The predicted molar refractivity (Wildman–Crippen MR) is 134 cm³/mol. The number of ether oxygens (including phenoxy) is 1. The molecule has 8 heteroatoms. The van der Waals surface area contributed by atoms with E-state index in [-0.39, 0.29) is 17.3 Å². The molecule has 7 nitrogen and oxygen atoms in total. The van der Waals surface area contributed by atoms with Crippen molar-refractivity contribution in [2.75, 3.05) is 49.0 Å². The second-order valence-electron chi connectivity index (χ2n) is 8.23. The number of para-hydroxylation sites is 1. The minimum absolute atomic E-state index is 0.107. The summed E-state index contributed by atoms with van der Waals surface area (Å²) >= 11 is 0. The van der Waals surface area contributed by atoms with Crippen molar-refractivity contribution in [1.82, 2.24) is 4.90 Å². The van der Waals surface area contributed by atoms with Crippen molar-refractivity contribution in [1.29, 1.82) is 0 Å². The Kier molecular flexibility index (Phi) is 7.07. The Bertz CT molecular complexity index is 1210. The number of benzene rings is 3. The molecular formula is C26H29N3O4S. The highest BCUT2D eigenvalue weighted by molar-refractivity contribution is 7.92. The highest BCUT2D eigenvalue weighted by atomic mass is 32.2. The number of methoxy groups -OCH3 is 1. The van der Waals surface area contributed by atoms with Crippen LogP contribution in [-0.4, -0.2) is 59.1 Å². The summed E-state index contributed by atoms with van der Waals surface area (Å²) < 4.78 is 33.5. The van der Waals surface area contributed by atoms with Crippen LogP contribution in [0.1, 0.15) is 5.56 Å². The monoisotopic (exact) mass is 479 g/mol. The molecule has 0 bridgehead atoms. The molecule has 1 aliphatic heterocycles. The first kappa shape index (κ1) is 23.6. The quantitative estimate of drug-likeness (QED) is 0.518. The van der Waals surface area contributed by atoms with Crippen LogP contribution in [0.4, 0.5) is 11.4 Å². The molecule has 1 amide bonds. The third-order valence-electron chi connectivity index (χ3n) is 6.00. The number of piperazine rings is 1. The predicted octanol–water partition coefficient (Wildman–Crippen LogP) is 3.55. The number of nitrogens with zero attached hydrogens (tertiary/aromatic N) is 3. The van der Waals surface area contributed by atoms with Gasteiger partial charge in [-0.1, -0.05) is 35.9 Å². The highest BCUT2D eigenvalue weighted by Gasteiger charge is 2.30. The van der Waals surface area contributed by atoms with Crippen molar-refractivity contribution in [3.8, 4) is 5.75 Å². The van der Waals surface area contributed by atoms with Crippen LogP contribution < -0.4 is 13.9 Å². The van der Waals surface area contributed by atoms with Gasteiger partial charge in [-0.15, -0.1) is 0 Å². The van der Waals surface area contributed by atoms with Gasteiger partial charge < -0.3 is 14.5 Å². The lowest BCUT2D eigenvalue weighted by molar-refractivity contribution is -0.129. The molecule has 3 aromatic carbocycles. The molecule has 0 aliphatic carbocycles. The number of sulfonamides is 1. The van der Waals surface area contributed by atoms with Crippen LogP contribution in [0.2, 0.25) is 0 Å². The van der Waals surface area contributed by atoms with E-state index in [9.17, 15) is 13.2 Å². The number of hydrogen-bond acceptors (Lipinski definition) is 5. The van der Waals surface area contributed by atoms with E-state index in [1.54, 1.807) is 29.2 Å². The zero-order valence-electron chi connectivity index (χ0n) is 19.4. The molecule has 0 atom stereocenters. The minimum Gasteiger partial charge on any atom is -0.497 e. The van der Waals surface area contributed by atoms with Gasteiger partial charge in [0.05, 0.1) is 17.7 Å². The number of carbonyl (C=O) groups excluding carboxylic acids is 1. The topological polar surface area (TPSA) is 70.2 Å². The fourth-order valence-electron chi connectivity index (χ4n) is 3.98. The van der Waals surface area contributed by atoms with Crippen molar-refractivity contribution >= 4 is 27.3 Å². The average Bonchev–Trinajstić information content (AvgIpc) is 2.88. The molecule has 4 rings (SSSR count). The van der Waals surface area contributed by atoms with E-state index in [1.807, 2.05) is 37.3 Å². The maximum Gasteiger partial charge on any atom is 0.264 e. The van der Waals surface area contributed by atoms with Crippen LogP contribution in [0, 0.1) is 6.92 Å². The molecule has 1 saturated heterocycles. The molecule has 0 saturated carbocycles. The van der Waals surface area contributed by atoms with E-state index in [0.29, 0.717) is 37.6 Å². The Labute approximate surface area is 201 Å². The maximum atomic E-state index is 13.6. The van der Waals surface area contributed by atoms with Crippen molar-refractivity contribution in [2.24, 2.45) is 0 Å². The van der Waals surface area contributed by atoms with Crippen LogP contribution >= 0.6 is 0 Å². The Balaban J connectivity index is 1.54. The SMILES string of the molecule is COc1ccc(S(=O)(=O)N(CC(=O)N2CCN(c3ccccc3)CC2)c2ccc(C)cc2)cc1. The van der Waals surface area contributed by atoms with Crippen molar-refractivity contribution in [2.45, 2.75) is 11.8 Å². The van der Waals surface area contributed by atoms with E-state index in [0.717, 1.165) is 11.3 Å². The average molecular weight is 480 g/mol. The summed E-state index contributed by atoms with van der Waals surface area (Å²) in [5.74, 6) is 0.346. The Hall–Kier alpha value is -3.52. The minimum atomic E-state index is -3.96. The molecule has 0 aromatic heterocycles. The summed E-state index contributed by atoms with van der Waals surface area (Å²) in [5.41, 5.74) is 2.59. The molecule has 0 radical (unpaired) electrons. The molecule has 3 aromatic rings. The van der Waals surface area contributed by atoms with E-state index in [1.165, 1.54) is 23.5 Å². The van der Waals surface area contributed by atoms with E-state index >= 15 is 0 Å². The lowest BCUT2D eigenvalue weighted by Crippen LogP contribution is -2.52. The first-order valence-electron chi connectivity index (χ1n) is 11.2. The molecule has 1 fully saturated rings. The fourth-order valence-corrected chi connectivity index (χ4v) is 5.39. The van der Waals surface area contributed by atoms with Crippen LogP contribution in [0.3, 0.4) is 0 Å². The van der Waals surface area contributed by atoms with Gasteiger partial charge in [0.15, 0.2) is 0 Å². The molecule has 0 unspecified atom stereocenters. The Morgan fingerprint density at radius 3 is 2.09 bits per heavy atom. The first-order valence-corrected chi connectivity index (χ1v) is 12.6. The van der Waals surface area contributed by atoms with Gasteiger partial charge in [-0.05, 0) is 55.5 Å². The van der Waals surface area contributed by atoms with Gasteiger partial charge in [0.1, 0.15) is 12.3 Å². The second kappa shape index (κ2) is 10.2. The summed E-state index contributed by atoms with van der Waals surface area (Å²) in [6.07, 6.45) is 0. The molecule has 0 spiro atoms. The number of carbonyl (C=O) groups is 1. The van der Waals surface area contributed by atoms with Gasteiger partial charge >= 0.3 is 0 Å². The summed E-state index contributed by atoms with van der Waals surface area (Å²) in [5, 5.41) is 0. The van der Waals surface area contributed by atoms with Gasteiger partial charge in [-0.2, -0.15) is 0 Å². The lowest BCUT2D eigenvalue weighted by Gasteiger charge is -2.37. The summed E-state index contributed by atoms with van der Waals surface area (Å²) in [6.45, 7) is 4.15. The van der Waals surface area contributed by atoms with Gasteiger partial charge in [0, 0.05) is 31.9 Å². The lowest BCUT2D eigenvalue weighted by atomic mass is 10.2. The summed E-state index contributed by atoms with van der Waals surface area (Å²) in [4.78, 5) is 17.3. The normalized spacial score (nSPS) is 14.1. The van der Waals surface area contributed by atoms with Gasteiger partial charge in [-0.25, -0.2) is 8.42 Å². The molecule has 1 aliphatic rings.